The Morgan fingerprint density at radius 1 is 1.64 bits per heavy atom. The summed E-state index contributed by atoms with van der Waals surface area (Å²) < 4.78 is 1.72. The number of halogens is 3. The van der Waals surface area contributed by atoms with Gasteiger partial charge in [-0.15, -0.1) is 0 Å². The van der Waals surface area contributed by atoms with Gasteiger partial charge in [-0.05, 0) is 10.3 Å². The van der Waals surface area contributed by atoms with E-state index in [0.29, 0.717) is 0 Å². The minimum atomic E-state index is -2.17. The molecule has 0 bridgehead atoms. The third-order valence-corrected chi connectivity index (χ3v) is 3.69. The second kappa shape index (κ2) is 4.55. The fraction of sp³-hybridized carbons (Fsp3) is 0.200. The zero-order valence-corrected chi connectivity index (χ0v) is 10.1. The normalized spacial score (nSPS) is 12.6. The van der Waals surface area contributed by atoms with Gasteiger partial charge in [0.2, 0.25) is 0 Å². The highest BCUT2D eigenvalue weighted by atomic mass is 35.5. The quantitative estimate of drug-likeness (QED) is 0.586. The first-order valence-corrected chi connectivity index (χ1v) is 6.21. The number of nitriles is 1. The molecule has 0 radical (unpaired) electrons. The second-order valence-corrected chi connectivity index (χ2v) is 5.47. The molecule has 1 rings (SSSR count). The lowest BCUT2D eigenvalue weighted by Crippen LogP contribution is -2.23. The van der Waals surface area contributed by atoms with Gasteiger partial charge in [-0.3, -0.25) is 4.79 Å². The van der Waals surface area contributed by atoms with Crippen LogP contribution in [-0.2, 0) is 4.79 Å². The smallest absolute Gasteiger partial charge is 0.268 e. The summed E-state index contributed by atoms with van der Waals surface area (Å²) in [7, 11) is 2.16. The number of carbonyl (C=O) groups is 1. The number of rotatable bonds is 1. The van der Waals surface area contributed by atoms with Crippen LogP contribution in [0.25, 0.3) is 0 Å². The van der Waals surface area contributed by atoms with Crippen LogP contribution in [-0.4, -0.2) is 14.6 Å². The predicted octanol–water partition coefficient (Wildman–Crippen LogP) is 1.98. The van der Waals surface area contributed by atoms with Gasteiger partial charge in [0.25, 0.3) is 10.2 Å². The van der Waals surface area contributed by atoms with E-state index >= 15 is 0 Å². The van der Waals surface area contributed by atoms with E-state index in [1.54, 1.807) is 0 Å². The van der Waals surface area contributed by atoms with Crippen molar-refractivity contribution < 1.29 is 4.79 Å². The van der Waals surface area contributed by atoms with E-state index in [-0.39, 0.29) is 9.82 Å². The van der Waals surface area contributed by atoms with Gasteiger partial charge in [-0.1, -0.05) is 34.8 Å². The van der Waals surface area contributed by atoms with E-state index in [1.165, 1.54) is 6.07 Å². The van der Waals surface area contributed by atoms with Gasteiger partial charge in [-0.2, -0.15) is 14.6 Å². The number of hydrogen-bond acceptors (Lipinski definition) is 5. The molecule has 4 nitrogen and oxygen atoms in total. The molecule has 1 amide bonds. The molecule has 14 heavy (non-hydrogen) atoms. The van der Waals surface area contributed by atoms with Gasteiger partial charge in [0.05, 0.1) is 0 Å². The van der Waals surface area contributed by atoms with Crippen LogP contribution in [0, 0.1) is 11.3 Å². The molecule has 1 heterocycles. The summed E-state index contributed by atoms with van der Waals surface area (Å²) in [5.74, 6) is -0.971. The lowest BCUT2D eigenvalue weighted by Gasteiger charge is -2.01. The highest BCUT2D eigenvalue weighted by molar-refractivity contribution is 7.66. The maximum absolute atomic E-state index is 11.2. The Morgan fingerprint density at radius 2 is 2.29 bits per heavy atom. The zero-order chi connectivity index (χ0) is 10.8. The first-order valence-electron chi connectivity index (χ1n) is 2.97. The van der Waals surface area contributed by atoms with Crippen molar-refractivity contribution in [1.29, 1.82) is 5.26 Å². The predicted molar refractivity (Wildman–Crippen MR) is 55.6 cm³/mol. The lowest BCUT2D eigenvalue weighted by atomic mass is 10.4. The Morgan fingerprint density at radius 3 is 2.71 bits per heavy atom. The molecule has 0 atom stereocenters. The molecule has 9 heteroatoms. The van der Waals surface area contributed by atoms with Crippen molar-refractivity contribution in [3.8, 4) is 6.07 Å². The highest BCUT2D eigenvalue weighted by Gasteiger charge is 2.33. The van der Waals surface area contributed by atoms with Crippen molar-refractivity contribution in [2.24, 2.45) is 4.99 Å². The molecule has 0 aliphatic heterocycles. The summed E-state index contributed by atoms with van der Waals surface area (Å²) in [4.78, 5) is 14.7. The Balaban J connectivity index is 3.08. The Kier molecular flexibility index (Phi) is 3.86. The molecular weight excluding hydrogens is 289 g/mol. The van der Waals surface area contributed by atoms with Crippen LogP contribution < -0.4 is 4.67 Å². The van der Waals surface area contributed by atoms with Crippen molar-refractivity contribution in [1.82, 2.24) is 4.37 Å². The Bertz CT molecular complexity index is 457. The second-order valence-electron chi connectivity index (χ2n) is 1.95. The SMILES string of the molecule is N#CC(Cl)(Cl)C(=O)N=c1ssnc1Cl. The van der Waals surface area contributed by atoms with Crippen LogP contribution >= 0.6 is 55.7 Å². The molecule has 0 unspecified atom stereocenters. The summed E-state index contributed by atoms with van der Waals surface area (Å²) in [6.45, 7) is 0. The topological polar surface area (TPSA) is 66.1 Å². The van der Waals surface area contributed by atoms with Crippen LogP contribution in [0.3, 0.4) is 0 Å². The van der Waals surface area contributed by atoms with E-state index in [4.69, 9.17) is 40.1 Å². The van der Waals surface area contributed by atoms with Crippen molar-refractivity contribution in [3.05, 3.63) is 9.82 Å². The van der Waals surface area contributed by atoms with Gasteiger partial charge < -0.3 is 0 Å². The molecule has 0 aromatic carbocycles. The van der Waals surface area contributed by atoms with E-state index in [0.717, 1.165) is 20.9 Å². The van der Waals surface area contributed by atoms with Crippen molar-refractivity contribution >= 4 is 61.6 Å². The molecule has 0 spiro atoms. The Hall–Kier alpha value is -0.190. The van der Waals surface area contributed by atoms with Crippen LogP contribution in [0.5, 0.6) is 0 Å². The van der Waals surface area contributed by atoms with Crippen LogP contribution in [0.2, 0.25) is 5.15 Å². The lowest BCUT2D eigenvalue weighted by molar-refractivity contribution is -0.117. The standard InChI is InChI=1S/C5Cl3N3OS2/c6-2-3(13-14-11-2)10-4(12)5(7,8)1-9. The minimum Gasteiger partial charge on any atom is -0.268 e. The van der Waals surface area contributed by atoms with Crippen molar-refractivity contribution in [2.45, 2.75) is 4.33 Å². The van der Waals surface area contributed by atoms with Gasteiger partial charge in [0.15, 0.2) is 9.82 Å². The summed E-state index contributed by atoms with van der Waals surface area (Å²) in [6.07, 6.45) is 0. The summed E-state index contributed by atoms with van der Waals surface area (Å²) >= 11 is 16.3. The largest absolute Gasteiger partial charge is 0.298 e. The van der Waals surface area contributed by atoms with E-state index in [2.05, 4.69) is 9.37 Å². The molecule has 0 saturated heterocycles. The van der Waals surface area contributed by atoms with E-state index < -0.39 is 10.2 Å². The average Bonchev–Trinajstić information content (AvgIpc) is 2.52. The molecule has 0 aliphatic rings. The first-order chi connectivity index (χ1) is 6.47. The van der Waals surface area contributed by atoms with Crippen molar-refractivity contribution in [3.63, 3.8) is 0 Å². The van der Waals surface area contributed by atoms with Gasteiger partial charge in [0, 0.05) is 10.5 Å². The number of alkyl halides is 2. The number of aromatic nitrogens is 1. The molecule has 0 saturated carbocycles. The molecule has 74 valence electrons. The van der Waals surface area contributed by atoms with Crippen LogP contribution in [0.4, 0.5) is 0 Å². The van der Waals surface area contributed by atoms with Gasteiger partial charge >= 0.3 is 0 Å². The summed E-state index contributed by atoms with van der Waals surface area (Å²) in [5.41, 5.74) is 0. The number of hydrogen-bond donors (Lipinski definition) is 0. The maximum Gasteiger partial charge on any atom is 0.298 e. The average molecular weight is 289 g/mol. The fourth-order valence-electron chi connectivity index (χ4n) is 0.435. The van der Waals surface area contributed by atoms with Crippen molar-refractivity contribution in [2.75, 3.05) is 0 Å². The monoisotopic (exact) mass is 287 g/mol. The molecule has 1 aromatic rings. The molecule has 1 aromatic heterocycles. The van der Waals surface area contributed by atoms with Gasteiger partial charge in [0.1, 0.15) is 6.07 Å². The van der Waals surface area contributed by atoms with Crippen LogP contribution in [0.1, 0.15) is 0 Å². The van der Waals surface area contributed by atoms with E-state index in [1.807, 2.05) is 0 Å². The number of nitrogens with zero attached hydrogens (tertiary/aromatic N) is 3. The third kappa shape index (κ3) is 2.65. The van der Waals surface area contributed by atoms with Gasteiger partial charge in [-0.25, -0.2) is 0 Å². The summed E-state index contributed by atoms with van der Waals surface area (Å²) in [5, 5.41) is 8.52. The number of carbonyl (C=O) groups excluding carboxylic acids is 1. The van der Waals surface area contributed by atoms with Crippen LogP contribution in [0.15, 0.2) is 4.99 Å². The first kappa shape index (κ1) is 11.9. The molecular formula is C5Cl3N3OS2. The fourth-order valence-corrected chi connectivity index (χ4v) is 2.49. The highest BCUT2D eigenvalue weighted by Crippen LogP contribution is 2.21. The molecule has 0 fully saturated rings. The summed E-state index contributed by atoms with van der Waals surface area (Å²) in [6, 6.07) is 1.41. The molecule has 0 aliphatic carbocycles. The van der Waals surface area contributed by atoms with E-state index in [9.17, 15) is 4.79 Å². The maximum atomic E-state index is 11.2. The Labute approximate surface area is 101 Å². The third-order valence-electron chi connectivity index (χ3n) is 1.02. The number of amides is 1. The molecule has 0 N–H and O–H groups in total. The minimum absolute atomic E-state index is 0.0930. The zero-order valence-electron chi connectivity index (χ0n) is 6.20.